The second kappa shape index (κ2) is 8.58. The molecule has 0 atom stereocenters. The number of benzene rings is 3. The van der Waals surface area contributed by atoms with E-state index in [0.29, 0.717) is 39.7 Å². The first-order valence-corrected chi connectivity index (χ1v) is 9.50. The molecule has 4 aromatic rings. The van der Waals surface area contributed by atoms with E-state index in [0.717, 1.165) is 0 Å². The Hall–Kier alpha value is -4.33. The third-order valence-electron chi connectivity index (χ3n) is 4.61. The van der Waals surface area contributed by atoms with E-state index < -0.39 is 6.03 Å². The van der Waals surface area contributed by atoms with Gasteiger partial charge in [-0.25, -0.2) is 19.7 Å². The molecular weight excluding hydrogens is 394 g/mol. The number of carbonyl (C=O) groups is 1. The van der Waals surface area contributed by atoms with E-state index >= 15 is 0 Å². The molecule has 31 heavy (non-hydrogen) atoms. The Morgan fingerprint density at radius 3 is 2.03 bits per heavy atom. The maximum atomic E-state index is 12.5. The van der Waals surface area contributed by atoms with Crippen LogP contribution in [-0.4, -0.2) is 30.2 Å². The number of primary amides is 1. The molecular formula is C23H21N5O3. The number of methoxy groups -OCH3 is 2. The summed E-state index contributed by atoms with van der Waals surface area (Å²) in [5.41, 5.74) is 8.28. The molecule has 0 saturated heterocycles. The maximum Gasteiger partial charge on any atom is 0.325 e. The van der Waals surface area contributed by atoms with E-state index in [4.69, 9.17) is 25.2 Å². The molecule has 8 nitrogen and oxygen atoms in total. The highest BCUT2D eigenvalue weighted by molar-refractivity contribution is 6.01. The summed E-state index contributed by atoms with van der Waals surface area (Å²) in [4.78, 5) is 23.2. The molecule has 0 unspecified atom stereocenters. The van der Waals surface area contributed by atoms with Crippen LogP contribution in [0, 0.1) is 0 Å². The van der Waals surface area contributed by atoms with Crippen molar-refractivity contribution < 1.29 is 14.3 Å². The summed E-state index contributed by atoms with van der Waals surface area (Å²) in [6, 6.07) is 21.1. The van der Waals surface area contributed by atoms with Crippen LogP contribution in [0.4, 0.5) is 27.8 Å². The number of hydrogen-bond donors (Lipinski definition) is 2. The SMILES string of the molecule is COc1cc(Nc2nc3ccccc3nc2N(C(N)=O)c2ccccc2)cc(OC)c1. The van der Waals surface area contributed by atoms with Gasteiger partial charge in [-0.3, -0.25) is 0 Å². The summed E-state index contributed by atoms with van der Waals surface area (Å²) in [7, 11) is 3.15. The summed E-state index contributed by atoms with van der Waals surface area (Å²) >= 11 is 0. The second-order valence-electron chi connectivity index (χ2n) is 6.62. The average Bonchev–Trinajstić information content (AvgIpc) is 2.79. The quantitative estimate of drug-likeness (QED) is 0.477. The van der Waals surface area contributed by atoms with Gasteiger partial charge in [-0.1, -0.05) is 30.3 Å². The third kappa shape index (κ3) is 4.18. The fourth-order valence-corrected chi connectivity index (χ4v) is 3.18. The zero-order valence-corrected chi connectivity index (χ0v) is 17.1. The Balaban J connectivity index is 1.89. The first-order valence-electron chi connectivity index (χ1n) is 9.50. The highest BCUT2D eigenvalue weighted by Crippen LogP contribution is 2.34. The van der Waals surface area contributed by atoms with Crippen molar-refractivity contribution >= 4 is 40.1 Å². The number of nitrogens with zero attached hydrogens (tertiary/aromatic N) is 3. The number of urea groups is 1. The molecule has 0 saturated carbocycles. The van der Waals surface area contributed by atoms with Crippen LogP contribution in [0.1, 0.15) is 0 Å². The number of fused-ring (bicyclic) bond motifs is 1. The number of ether oxygens (including phenoxy) is 2. The Labute approximate surface area is 179 Å². The van der Waals surface area contributed by atoms with Gasteiger partial charge in [0.1, 0.15) is 11.5 Å². The number of amides is 2. The zero-order chi connectivity index (χ0) is 21.8. The van der Waals surface area contributed by atoms with Crippen LogP contribution in [0.15, 0.2) is 72.8 Å². The Kier molecular flexibility index (Phi) is 5.53. The van der Waals surface area contributed by atoms with Gasteiger partial charge in [0.15, 0.2) is 11.6 Å². The van der Waals surface area contributed by atoms with Gasteiger partial charge in [0.05, 0.1) is 30.9 Å². The van der Waals surface area contributed by atoms with Crippen molar-refractivity contribution in [2.24, 2.45) is 5.73 Å². The smallest absolute Gasteiger partial charge is 0.325 e. The molecule has 156 valence electrons. The molecule has 1 aromatic heterocycles. The van der Waals surface area contributed by atoms with Crippen LogP contribution in [0.2, 0.25) is 0 Å². The number of nitrogens with two attached hydrogens (primary N) is 1. The minimum Gasteiger partial charge on any atom is -0.497 e. The van der Waals surface area contributed by atoms with E-state index in [1.807, 2.05) is 42.5 Å². The molecule has 3 aromatic carbocycles. The first-order chi connectivity index (χ1) is 15.1. The topological polar surface area (TPSA) is 103 Å². The van der Waals surface area contributed by atoms with Crippen molar-refractivity contribution in [2.45, 2.75) is 0 Å². The van der Waals surface area contributed by atoms with Gasteiger partial charge in [0.2, 0.25) is 0 Å². The lowest BCUT2D eigenvalue weighted by molar-refractivity contribution is 0.256. The van der Waals surface area contributed by atoms with Crippen LogP contribution in [0.5, 0.6) is 11.5 Å². The summed E-state index contributed by atoms with van der Waals surface area (Å²) in [5.74, 6) is 1.84. The van der Waals surface area contributed by atoms with Gasteiger partial charge in [-0.2, -0.15) is 0 Å². The fourth-order valence-electron chi connectivity index (χ4n) is 3.18. The van der Waals surface area contributed by atoms with E-state index in [-0.39, 0.29) is 5.82 Å². The van der Waals surface area contributed by atoms with Crippen molar-refractivity contribution in [1.82, 2.24) is 9.97 Å². The Morgan fingerprint density at radius 1 is 0.871 bits per heavy atom. The fraction of sp³-hybridized carbons (Fsp3) is 0.0870. The summed E-state index contributed by atoms with van der Waals surface area (Å²) in [6.45, 7) is 0. The number of nitrogens with one attached hydrogen (secondary N) is 1. The highest BCUT2D eigenvalue weighted by atomic mass is 16.5. The molecule has 8 heteroatoms. The van der Waals surface area contributed by atoms with E-state index in [2.05, 4.69) is 5.32 Å². The second-order valence-corrected chi connectivity index (χ2v) is 6.62. The number of rotatable bonds is 6. The van der Waals surface area contributed by atoms with Crippen molar-refractivity contribution in [3.8, 4) is 11.5 Å². The molecule has 0 fully saturated rings. The van der Waals surface area contributed by atoms with Crippen LogP contribution in [0.25, 0.3) is 11.0 Å². The van der Waals surface area contributed by atoms with Crippen molar-refractivity contribution in [1.29, 1.82) is 0 Å². The molecule has 0 aliphatic heterocycles. The lowest BCUT2D eigenvalue weighted by Crippen LogP contribution is -2.32. The maximum absolute atomic E-state index is 12.5. The van der Waals surface area contributed by atoms with Crippen molar-refractivity contribution in [2.75, 3.05) is 24.4 Å². The molecule has 0 spiro atoms. The molecule has 0 bridgehead atoms. The first kappa shape index (κ1) is 20.0. The number of para-hydroxylation sites is 3. The van der Waals surface area contributed by atoms with Gasteiger partial charge < -0.3 is 20.5 Å². The van der Waals surface area contributed by atoms with Crippen LogP contribution in [-0.2, 0) is 0 Å². The predicted molar refractivity (Wildman–Crippen MR) is 121 cm³/mol. The Bertz CT molecular complexity index is 1210. The zero-order valence-electron chi connectivity index (χ0n) is 17.1. The predicted octanol–water partition coefficient (Wildman–Crippen LogP) is 4.61. The molecule has 1 heterocycles. The Morgan fingerprint density at radius 2 is 1.45 bits per heavy atom. The van der Waals surface area contributed by atoms with Gasteiger partial charge >= 0.3 is 6.03 Å². The standard InChI is InChI=1S/C23H21N5O3/c1-30-17-12-15(13-18(14-17)31-2)25-21-22(27-20-11-7-6-10-19(20)26-21)28(23(24)29)16-8-4-3-5-9-16/h3-14H,1-2H3,(H2,24,29)(H,25,26). The molecule has 4 rings (SSSR count). The molecule has 0 radical (unpaired) electrons. The van der Waals surface area contributed by atoms with E-state index in [1.165, 1.54) is 4.90 Å². The van der Waals surface area contributed by atoms with Gasteiger partial charge in [-0.15, -0.1) is 0 Å². The van der Waals surface area contributed by atoms with Crippen LogP contribution >= 0.6 is 0 Å². The van der Waals surface area contributed by atoms with Gasteiger partial charge in [0, 0.05) is 23.9 Å². The highest BCUT2D eigenvalue weighted by Gasteiger charge is 2.22. The van der Waals surface area contributed by atoms with E-state index in [9.17, 15) is 4.79 Å². The lowest BCUT2D eigenvalue weighted by atomic mass is 10.2. The van der Waals surface area contributed by atoms with Gasteiger partial charge in [0.25, 0.3) is 0 Å². The van der Waals surface area contributed by atoms with Gasteiger partial charge in [-0.05, 0) is 24.3 Å². The number of aromatic nitrogens is 2. The normalized spacial score (nSPS) is 10.5. The van der Waals surface area contributed by atoms with Crippen LogP contribution < -0.4 is 25.4 Å². The largest absolute Gasteiger partial charge is 0.497 e. The lowest BCUT2D eigenvalue weighted by Gasteiger charge is -2.22. The molecule has 0 aliphatic rings. The molecule has 3 N–H and O–H groups in total. The third-order valence-corrected chi connectivity index (χ3v) is 4.61. The number of carbonyl (C=O) groups excluding carboxylic acids is 1. The minimum atomic E-state index is -0.679. The number of anilines is 4. The summed E-state index contributed by atoms with van der Waals surface area (Å²) in [6.07, 6.45) is 0. The minimum absolute atomic E-state index is 0.277. The molecule has 2 amide bonds. The summed E-state index contributed by atoms with van der Waals surface area (Å²) < 4.78 is 10.7. The molecule has 0 aliphatic carbocycles. The monoisotopic (exact) mass is 415 g/mol. The van der Waals surface area contributed by atoms with Crippen LogP contribution in [0.3, 0.4) is 0 Å². The summed E-state index contributed by atoms with van der Waals surface area (Å²) in [5, 5.41) is 3.24. The van der Waals surface area contributed by atoms with Crippen molar-refractivity contribution in [3.63, 3.8) is 0 Å². The van der Waals surface area contributed by atoms with Crippen molar-refractivity contribution in [3.05, 3.63) is 72.8 Å². The van der Waals surface area contributed by atoms with E-state index in [1.54, 1.807) is 44.6 Å². The average molecular weight is 415 g/mol. The number of hydrogen-bond acceptors (Lipinski definition) is 6.